The van der Waals surface area contributed by atoms with Crippen LogP contribution in [0.3, 0.4) is 0 Å². The third kappa shape index (κ3) is 4.23. The van der Waals surface area contributed by atoms with E-state index in [1.165, 1.54) is 6.20 Å². The van der Waals surface area contributed by atoms with Crippen LogP contribution >= 0.6 is 11.6 Å². The molecule has 4 rings (SSSR count). The number of hydrogen-bond donors (Lipinski definition) is 0. The number of aromatic nitrogens is 1. The van der Waals surface area contributed by atoms with Crippen LogP contribution in [0, 0.1) is 6.92 Å². The van der Waals surface area contributed by atoms with Crippen molar-refractivity contribution in [3.63, 3.8) is 0 Å². The van der Waals surface area contributed by atoms with Gasteiger partial charge in [-0.3, -0.25) is 4.79 Å². The molecule has 1 amide bonds. The molecule has 1 saturated heterocycles. The van der Waals surface area contributed by atoms with Crippen molar-refractivity contribution in [2.24, 2.45) is 0 Å². The van der Waals surface area contributed by atoms with Gasteiger partial charge in [-0.25, -0.2) is 9.78 Å². The van der Waals surface area contributed by atoms with E-state index < -0.39 is 0 Å². The molecule has 1 fully saturated rings. The summed E-state index contributed by atoms with van der Waals surface area (Å²) in [5.41, 5.74) is 1.78. The average molecular weight is 442 g/mol. The molecule has 0 aliphatic carbocycles. The van der Waals surface area contributed by atoms with E-state index in [0.717, 1.165) is 29.7 Å². The van der Waals surface area contributed by atoms with Gasteiger partial charge in [0.2, 0.25) is 0 Å². The molecule has 1 aliphatic rings. The number of hydrogen-bond acceptors (Lipinski definition) is 6. The number of rotatable bonds is 4. The van der Waals surface area contributed by atoms with Gasteiger partial charge in [0.05, 0.1) is 17.2 Å². The molecule has 0 atom stereocenters. The van der Waals surface area contributed by atoms with Crippen molar-refractivity contribution in [3.8, 4) is 0 Å². The van der Waals surface area contributed by atoms with Gasteiger partial charge < -0.3 is 19.0 Å². The van der Waals surface area contributed by atoms with Gasteiger partial charge >= 0.3 is 5.97 Å². The smallest absolute Gasteiger partial charge is 0.339 e. The first-order chi connectivity index (χ1) is 15.0. The molecule has 0 spiro atoms. The molecule has 0 unspecified atom stereocenters. The van der Waals surface area contributed by atoms with E-state index in [1.807, 2.05) is 30.0 Å². The third-order valence-corrected chi connectivity index (χ3v) is 5.77. The summed E-state index contributed by atoms with van der Waals surface area (Å²) < 4.78 is 10.9. The van der Waals surface area contributed by atoms with Crippen molar-refractivity contribution in [2.45, 2.75) is 20.3 Å². The molecule has 1 aliphatic heterocycles. The van der Waals surface area contributed by atoms with Crippen LogP contribution in [0.1, 0.15) is 39.8 Å². The fourth-order valence-electron chi connectivity index (χ4n) is 3.81. The fourth-order valence-corrected chi connectivity index (χ4v) is 4.03. The topological polar surface area (TPSA) is 75.9 Å². The summed E-state index contributed by atoms with van der Waals surface area (Å²) >= 11 is 6.23. The Morgan fingerprint density at radius 2 is 2.00 bits per heavy atom. The van der Waals surface area contributed by atoms with Gasteiger partial charge in [0.25, 0.3) is 5.91 Å². The largest absolute Gasteiger partial charge is 0.462 e. The lowest BCUT2D eigenvalue weighted by atomic mass is 10.1. The molecule has 8 heteroatoms. The lowest BCUT2D eigenvalue weighted by Gasteiger charge is -2.22. The van der Waals surface area contributed by atoms with Gasteiger partial charge in [-0.1, -0.05) is 23.7 Å². The summed E-state index contributed by atoms with van der Waals surface area (Å²) in [5.74, 6) is 0.607. The number of esters is 1. The van der Waals surface area contributed by atoms with E-state index in [-0.39, 0.29) is 11.9 Å². The van der Waals surface area contributed by atoms with Crippen LogP contribution in [0.4, 0.5) is 5.82 Å². The predicted molar refractivity (Wildman–Crippen MR) is 119 cm³/mol. The van der Waals surface area contributed by atoms with Gasteiger partial charge in [0, 0.05) is 43.3 Å². The van der Waals surface area contributed by atoms with E-state index in [1.54, 1.807) is 19.1 Å². The number of amides is 1. The lowest BCUT2D eigenvalue weighted by Crippen LogP contribution is -2.35. The molecular weight excluding hydrogens is 418 g/mol. The number of anilines is 1. The molecule has 2 aromatic heterocycles. The summed E-state index contributed by atoms with van der Waals surface area (Å²) in [5, 5.41) is 1.36. The minimum Gasteiger partial charge on any atom is -0.462 e. The maximum Gasteiger partial charge on any atom is 0.339 e. The molecule has 1 aromatic carbocycles. The summed E-state index contributed by atoms with van der Waals surface area (Å²) in [6.45, 7) is 6.55. The summed E-state index contributed by atoms with van der Waals surface area (Å²) in [7, 11) is 0. The minimum absolute atomic E-state index is 0.128. The Kier molecular flexibility index (Phi) is 6.13. The zero-order valence-corrected chi connectivity index (χ0v) is 18.3. The van der Waals surface area contributed by atoms with Crippen molar-refractivity contribution in [1.82, 2.24) is 9.88 Å². The van der Waals surface area contributed by atoms with Gasteiger partial charge in [-0.2, -0.15) is 0 Å². The molecule has 0 bridgehead atoms. The maximum atomic E-state index is 13.2. The van der Waals surface area contributed by atoms with Crippen LogP contribution in [0.2, 0.25) is 5.02 Å². The molecule has 31 heavy (non-hydrogen) atoms. The molecular formula is C23H24ClN3O4. The highest BCUT2D eigenvalue weighted by Gasteiger charge is 2.26. The summed E-state index contributed by atoms with van der Waals surface area (Å²) in [4.78, 5) is 33.3. The molecule has 162 valence electrons. The first-order valence-electron chi connectivity index (χ1n) is 10.3. The van der Waals surface area contributed by atoms with Crippen molar-refractivity contribution in [3.05, 3.63) is 58.4 Å². The number of furan rings is 1. The van der Waals surface area contributed by atoms with Crippen molar-refractivity contribution in [1.29, 1.82) is 0 Å². The number of benzene rings is 1. The van der Waals surface area contributed by atoms with Gasteiger partial charge in [-0.15, -0.1) is 0 Å². The zero-order chi connectivity index (χ0) is 22.0. The first kappa shape index (κ1) is 21.2. The Balaban J connectivity index is 1.47. The maximum absolute atomic E-state index is 13.2. The van der Waals surface area contributed by atoms with Gasteiger partial charge in [-0.05, 0) is 38.5 Å². The number of pyridine rings is 1. The standard InChI is InChI=1S/C23H24ClN3O4/c1-3-30-23(29)16-8-9-19(25-14-16)26-10-5-11-27(13-12-26)22(28)20-15(2)17-6-4-7-18(24)21(17)31-20/h4,6-9,14H,3,5,10-13H2,1-2H3. The zero-order valence-electron chi connectivity index (χ0n) is 17.6. The average Bonchev–Trinajstić information content (AvgIpc) is 2.96. The minimum atomic E-state index is -0.379. The predicted octanol–water partition coefficient (Wildman–Crippen LogP) is 4.32. The monoisotopic (exact) mass is 441 g/mol. The van der Waals surface area contributed by atoms with E-state index in [9.17, 15) is 9.59 Å². The highest BCUT2D eigenvalue weighted by atomic mass is 35.5. The first-order valence-corrected chi connectivity index (χ1v) is 10.7. The van der Waals surface area contributed by atoms with Gasteiger partial charge in [0.15, 0.2) is 11.3 Å². The highest BCUT2D eigenvalue weighted by molar-refractivity contribution is 6.35. The van der Waals surface area contributed by atoms with Crippen LogP contribution in [-0.4, -0.2) is 54.5 Å². The van der Waals surface area contributed by atoms with Crippen molar-refractivity contribution < 1.29 is 18.7 Å². The number of nitrogens with zero attached hydrogens (tertiary/aromatic N) is 3. The van der Waals surface area contributed by atoms with Crippen LogP contribution < -0.4 is 4.90 Å². The van der Waals surface area contributed by atoms with Crippen LogP contribution in [-0.2, 0) is 4.74 Å². The molecule has 0 N–H and O–H groups in total. The van der Waals surface area contributed by atoms with Gasteiger partial charge in [0.1, 0.15) is 5.82 Å². The summed E-state index contributed by atoms with van der Waals surface area (Å²) in [6, 6.07) is 9.05. The van der Waals surface area contributed by atoms with E-state index in [2.05, 4.69) is 9.88 Å². The SMILES string of the molecule is CCOC(=O)c1ccc(N2CCCN(C(=O)c3oc4c(Cl)cccc4c3C)CC2)nc1. The second-order valence-electron chi connectivity index (χ2n) is 7.43. The molecule has 3 aromatic rings. The van der Waals surface area contributed by atoms with Crippen LogP contribution in [0.15, 0.2) is 40.9 Å². The van der Waals surface area contributed by atoms with Crippen molar-refractivity contribution >= 4 is 40.3 Å². The van der Waals surface area contributed by atoms with Crippen molar-refractivity contribution in [2.75, 3.05) is 37.7 Å². The quantitative estimate of drug-likeness (QED) is 0.561. The lowest BCUT2D eigenvalue weighted by molar-refractivity contribution is 0.0525. The number of aryl methyl sites for hydroxylation is 1. The van der Waals surface area contributed by atoms with Crippen LogP contribution in [0.25, 0.3) is 11.0 Å². The van der Waals surface area contributed by atoms with E-state index in [4.69, 9.17) is 20.8 Å². The Bertz CT molecular complexity index is 1110. The Morgan fingerprint density at radius 1 is 1.16 bits per heavy atom. The molecule has 3 heterocycles. The highest BCUT2D eigenvalue weighted by Crippen LogP contribution is 2.31. The second kappa shape index (κ2) is 8.98. The number of para-hydroxylation sites is 1. The number of ether oxygens (including phenoxy) is 1. The molecule has 0 saturated carbocycles. The Hall–Kier alpha value is -3.06. The van der Waals surface area contributed by atoms with E-state index in [0.29, 0.717) is 48.2 Å². The summed E-state index contributed by atoms with van der Waals surface area (Å²) in [6.07, 6.45) is 2.33. The Labute approximate surface area is 185 Å². The number of fused-ring (bicyclic) bond motifs is 1. The second-order valence-corrected chi connectivity index (χ2v) is 7.84. The molecule has 7 nitrogen and oxygen atoms in total. The van der Waals surface area contributed by atoms with Crippen LogP contribution in [0.5, 0.6) is 0 Å². The van der Waals surface area contributed by atoms with E-state index >= 15 is 0 Å². The normalized spacial score (nSPS) is 14.5. The number of halogens is 1. The number of carbonyl (C=O) groups excluding carboxylic acids is 2. The fraction of sp³-hybridized carbons (Fsp3) is 0.348. The number of carbonyl (C=O) groups is 2. The third-order valence-electron chi connectivity index (χ3n) is 5.48. The molecule has 0 radical (unpaired) electrons. The Morgan fingerprint density at radius 3 is 2.71 bits per heavy atom.